The number of aryl methyl sites for hydroxylation is 1. The van der Waals surface area contributed by atoms with Crippen molar-refractivity contribution in [3.8, 4) is 5.75 Å². The molecule has 0 saturated carbocycles. The Kier molecular flexibility index (Phi) is 8.55. The zero-order valence-electron chi connectivity index (χ0n) is 19.6. The number of aromatic nitrogens is 2. The third-order valence-corrected chi connectivity index (χ3v) is 6.13. The van der Waals surface area contributed by atoms with Gasteiger partial charge in [0.2, 0.25) is 11.0 Å². The van der Waals surface area contributed by atoms with E-state index in [1.807, 2.05) is 19.1 Å². The van der Waals surface area contributed by atoms with Crippen LogP contribution in [0.4, 0.5) is 9.52 Å². The number of hydrogen-bond acceptors (Lipinski definition) is 7. The Hall–Kier alpha value is -4.15. The molecule has 2 amide bonds. The Morgan fingerprint density at radius 1 is 1.11 bits per heavy atom. The van der Waals surface area contributed by atoms with E-state index in [2.05, 4.69) is 26.0 Å². The fourth-order valence-electron chi connectivity index (χ4n) is 3.21. The Balaban J connectivity index is 1.32. The number of nitrogens with zero attached hydrogens (tertiary/aromatic N) is 3. The van der Waals surface area contributed by atoms with Gasteiger partial charge >= 0.3 is 0 Å². The fraction of sp³-hybridized carbons (Fsp3) is 0.115. The van der Waals surface area contributed by atoms with Crippen molar-refractivity contribution in [3.05, 3.63) is 105 Å². The van der Waals surface area contributed by atoms with Crippen molar-refractivity contribution in [2.24, 2.45) is 5.10 Å². The van der Waals surface area contributed by atoms with Crippen LogP contribution in [0.25, 0.3) is 0 Å². The van der Waals surface area contributed by atoms with Crippen molar-refractivity contribution in [1.82, 2.24) is 15.6 Å². The summed E-state index contributed by atoms with van der Waals surface area (Å²) in [6.45, 7) is 2.06. The molecule has 0 aliphatic carbocycles. The molecule has 11 heteroatoms. The second kappa shape index (κ2) is 12.2. The first-order valence-corrected chi connectivity index (χ1v) is 12.2. The molecular weight excluding hydrogens is 517 g/mol. The van der Waals surface area contributed by atoms with Crippen molar-refractivity contribution in [2.75, 3.05) is 5.32 Å². The summed E-state index contributed by atoms with van der Waals surface area (Å²) in [4.78, 5) is 24.8. The summed E-state index contributed by atoms with van der Waals surface area (Å²) in [5, 5.41) is 15.7. The number of ether oxygens (including phenoxy) is 1. The van der Waals surface area contributed by atoms with Gasteiger partial charge in [-0.2, -0.15) is 5.10 Å². The van der Waals surface area contributed by atoms with Crippen molar-refractivity contribution < 1.29 is 18.7 Å². The van der Waals surface area contributed by atoms with Crippen LogP contribution in [-0.4, -0.2) is 28.2 Å². The number of rotatable bonds is 9. The molecule has 188 valence electrons. The average Bonchev–Trinajstić information content (AvgIpc) is 3.31. The zero-order chi connectivity index (χ0) is 26.2. The molecule has 4 aromatic rings. The van der Waals surface area contributed by atoms with Crippen molar-refractivity contribution in [1.29, 1.82) is 0 Å². The highest BCUT2D eigenvalue weighted by Crippen LogP contribution is 2.23. The largest absolute Gasteiger partial charge is 0.488 e. The Bertz CT molecular complexity index is 1440. The Labute approximate surface area is 221 Å². The third-order valence-electron chi connectivity index (χ3n) is 5.06. The van der Waals surface area contributed by atoms with Gasteiger partial charge in [0.05, 0.1) is 12.6 Å². The van der Waals surface area contributed by atoms with Gasteiger partial charge in [-0.05, 0) is 54.4 Å². The molecule has 0 saturated heterocycles. The fourth-order valence-corrected chi connectivity index (χ4v) is 4.13. The van der Waals surface area contributed by atoms with E-state index in [0.29, 0.717) is 32.0 Å². The molecule has 4 rings (SSSR count). The monoisotopic (exact) mass is 537 g/mol. The highest BCUT2D eigenvalue weighted by molar-refractivity contribution is 7.15. The van der Waals surface area contributed by atoms with Crippen LogP contribution in [0.5, 0.6) is 5.75 Å². The number of anilines is 1. The smallest absolute Gasteiger partial charge is 0.257 e. The quantitative estimate of drug-likeness (QED) is 0.226. The van der Waals surface area contributed by atoms with E-state index in [0.717, 1.165) is 22.5 Å². The van der Waals surface area contributed by atoms with Gasteiger partial charge in [0, 0.05) is 16.1 Å². The molecule has 0 radical (unpaired) electrons. The lowest BCUT2D eigenvalue weighted by atomic mass is 10.1. The first-order valence-electron chi connectivity index (χ1n) is 11.1. The molecule has 2 N–H and O–H groups in total. The van der Waals surface area contributed by atoms with Crippen LogP contribution >= 0.6 is 22.9 Å². The number of amides is 2. The van der Waals surface area contributed by atoms with Gasteiger partial charge in [0.15, 0.2) is 0 Å². The van der Waals surface area contributed by atoms with Gasteiger partial charge < -0.3 is 4.74 Å². The van der Waals surface area contributed by atoms with E-state index in [1.54, 1.807) is 42.5 Å². The van der Waals surface area contributed by atoms with E-state index in [4.69, 9.17) is 16.3 Å². The summed E-state index contributed by atoms with van der Waals surface area (Å²) in [6.07, 6.45) is 1.34. The maximum absolute atomic E-state index is 13.1. The van der Waals surface area contributed by atoms with Crippen LogP contribution < -0.4 is 15.5 Å². The molecular formula is C26H21ClFN5O3S. The molecule has 0 atom stereocenters. The lowest BCUT2D eigenvalue weighted by Gasteiger charge is -2.09. The average molecular weight is 538 g/mol. The van der Waals surface area contributed by atoms with Crippen LogP contribution in [0.2, 0.25) is 5.02 Å². The number of nitrogens with one attached hydrogen (secondary N) is 2. The standard InChI is InChI=1S/C26H21ClFN5O3S/c1-16-4-2-3-5-21(16)25(35)30-26-33-32-24(37-26)13-23(34)31-29-14-18-12-19(27)8-11-22(18)36-15-17-6-9-20(28)10-7-17/h2-12,14H,13,15H2,1H3,(H,31,34)(H,30,33,35)/b29-14-. The second-order valence-electron chi connectivity index (χ2n) is 7.84. The lowest BCUT2D eigenvalue weighted by molar-refractivity contribution is -0.120. The Morgan fingerprint density at radius 2 is 1.89 bits per heavy atom. The summed E-state index contributed by atoms with van der Waals surface area (Å²) in [6, 6.07) is 18.2. The minimum atomic E-state index is -0.417. The first kappa shape index (κ1) is 25.9. The molecule has 0 spiro atoms. The number of hydrogen-bond donors (Lipinski definition) is 2. The minimum absolute atomic E-state index is 0.0707. The number of carbonyl (C=O) groups excluding carboxylic acids is 2. The van der Waals surface area contributed by atoms with Crippen LogP contribution in [0.1, 0.15) is 32.1 Å². The van der Waals surface area contributed by atoms with Crippen LogP contribution in [0, 0.1) is 12.7 Å². The molecule has 0 aliphatic heterocycles. The molecule has 0 bridgehead atoms. The SMILES string of the molecule is Cc1ccccc1C(=O)Nc1nnc(CC(=O)N/N=C\c2cc(Cl)ccc2OCc2ccc(F)cc2)s1. The predicted octanol–water partition coefficient (Wildman–Crippen LogP) is 5.16. The van der Waals surface area contributed by atoms with Crippen LogP contribution in [0.15, 0.2) is 71.8 Å². The molecule has 37 heavy (non-hydrogen) atoms. The highest BCUT2D eigenvalue weighted by atomic mass is 35.5. The van der Waals surface area contributed by atoms with Crippen LogP contribution in [-0.2, 0) is 17.8 Å². The van der Waals surface area contributed by atoms with Crippen molar-refractivity contribution >= 4 is 46.1 Å². The Morgan fingerprint density at radius 3 is 2.68 bits per heavy atom. The number of benzene rings is 3. The summed E-state index contributed by atoms with van der Waals surface area (Å²) in [5.74, 6) is -0.547. The highest BCUT2D eigenvalue weighted by Gasteiger charge is 2.14. The van der Waals surface area contributed by atoms with E-state index in [9.17, 15) is 14.0 Å². The molecule has 3 aromatic carbocycles. The van der Waals surface area contributed by atoms with E-state index < -0.39 is 5.91 Å². The first-order chi connectivity index (χ1) is 17.9. The van der Waals surface area contributed by atoms with E-state index >= 15 is 0 Å². The molecule has 0 fully saturated rings. The molecule has 8 nitrogen and oxygen atoms in total. The van der Waals surface area contributed by atoms with E-state index in [1.165, 1.54) is 18.3 Å². The van der Waals surface area contributed by atoms with Crippen molar-refractivity contribution in [3.63, 3.8) is 0 Å². The zero-order valence-corrected chi connectivity index (χ0v) is 21.1. The van der Waals surface area contributed by atoms with Gasteiger partial charge in [0.25, 0.3) is 5.91 Å². The summed E-state index contributed by atoms with van der Waals surface area (Å²) in [7, 11) is 0. The maximum Gasteiger partial charge on any atom is 0.257 e. The van der Waals surface area contributed by atoms with Crippen molar-refractivity contribution in [2.45, 2.75) is 20.0 Å². The normalized spacial score (nSPS) is 10.9. The topological polar surface area (TPSA) is 106 Å². The molecule has 0 aliphatic rings. The third kappa shape index (κ3) is 7.42. The number of hydrazone groups is 1. The summed E-state index contributed by atoms with van der Waals surface area (Å²) >= 11 is 7.20. The van der Waals surface area contributed by atoms with Gasteiger partial charge in [-0.15, -0.1) is 10.2 Å². The maximum atomic E-state index is 13.1. The summed E-state index contributed by atoms with van der Waals surface area (Å²) < 4.78 is 18.9. The minimum Gasteiger partial charge on any atom is -0.488 e. The number of halogens is 2. The van der Waals surface area contributed by atoms with Crippen LogP contribution in [0.3, 0.4) is 0 Å². The van der Waals surface area contributed by atoms with Gasteiger partial charge in [0.1, 0.15) is 23.2 Å². The molecule has 1 aromatic heterocycles. The molecule has 0 unspecified atom stereocenters. The lowest BCUT2D eigenvalue weighted by Crippen LogP contribution is -2.19. The van der Waals surface area contributed by atoms with Gasteiger partial charge in [-0.3, -0.25) is 14.9 Å². The summed E-state index contributed by atoms with van der Waals surface area (Å²) in [5.41, 5.74) is 5.14. The number of carbonyl (C=O) groups is 2. The molecule has 1 heterocycles. The van der Waals surface area contributed by atoms with Gasteiger partial charge in [-0.25, -0.2) is 9.82 Å². The second-order valence-corrected chi connectivity index (χ2v) is 9.34. The predicted molar refractivity (Wildman–Crippen MR) is 141 cm³/mol. The van der Waals surface area contributed by atoms with E-state index in [-0.39, 0.29) is 24.8 Å². The van der Waals surface area contributed by atoms with Gasteiger partial charge in [-0.1, -0.05) is 53.3 Å².